The van der Waals surface area contributed by atoms with E-state index in [0.717, 1.165) is 35.1 Å². The van der Waals surface area contributed by atoms with Crippen molar-refractivity contribution in [2.45, 2.75) is 39.3 Å². The van der Waals surface area contributed by atoms with E-state index in [2.05, 4.69) is 34.0 Å². The minimum Gasteiger partial charge on any atom is -0.475 e. The van der Waals surface area contributed by atoms with Gasteiger partial charge >= 0.3 is 0 Å². The second-order valence-corrected chi connectivity index (χ2v) is 8.34. The van der Waals surface area contributed by atoms with Crippen molar-refractivity contribution in [2.24, 2.45) is 0 Å². The van der Waals surface area contributed by atoms with Crippen molar-refractivity contribution in [3.8, 4) is 17.4 Å². The summed E-state index contributed by atoms with van der Waals surface area (Å²) in [7, 11) is 0. The number of nitrogens with one attached hydrogen (secondary N) is 1. The van der Waals surface area contributed by atoms with Crippen LogP contribution in [0.1, 0.15) is 36.8 Å². The van der Waals surface area contributed by atoms with E-state index >= 15 is 0 Å². The lowest BCUT2D eigenvalue weighted by molar-refractivity contribution is -0.0296. The Morgan fingerprint density at radius 1 is 1.26 bits per heavy atom. The lowest BCUT2D eigenvalue weighted by Crippen LogP contribution is -2.50. The first kappa shape index (κ1) is 21.6. The van der Waals surface area contributed by atoms with Gasteiger partial charge in [0.1, 0.15) is 18.5 Å². The Balaban J connectivity index is 1.27. The maximum Gasteiger partial charge on any atom is 0.231 e. The lowest BCUT2D eigenvalue weighted by Gasteiger charge is -2.34. The number of nitrogens with zero attached hydrogens (tertiary/aromatic N) is 3. The Labute approximate surface area is 187 Å². The summed E-state index contributed by atoms with van der Waals surface area (Å²) >= 11 is 5.61. The average Bonchev–Trinajstić information content (AvgIpc) is 3.24. The number of morpholine rings is 1. The fourth-order valence-electron chi connectivity index (χ4n) is 3.42. The van der Waals surface area contributed by atoms with Crippen molar-refractivity contribution in [3.63, 3.8) is 0 Å². The lowest BCUT2D eigenvalue weighted by atomic mass is 10.2. The van der Waals surface area contributed by atoms with Crippen LogP contribution in [0.15, 0.2) is 24.3 Å². The maximum atomic E-state index is 5.92. The molecule has 3 heterocycles. The van der Waals surface area contributed by atoms with Gasteiger partial charge in [0.15, 0.2) is 16.6 Å². The van der Waals surface area contributed by atoms with Crippen molar-refractivity contribution in [3.05, 3.63) is 41.3 Å². The molecule has 1 N–H and O–H groups in total. The molecule has 0 amide bonds. The predicted molar refractivity (Wildman–Crippen MR) is 120 cm³/mol. The molecule has 1 aromatic carbocycles. The second-order valence-electron chi connectivity index (χ2n) is 7.96. The highest BCUT2D eigenvalue weighted by Crippen LogP contribution is 2.32. The first-order valence-electron chi connectivity index (χ1n) is 10.5. The van der Waals surface area contributed by atoms with Crippen LogP contribution in [0.3, 0.4) is 0 Å². The first-order chi connectivity index (χ1) is 15.0. The molecule has 1 aromatic heterocycles. The molecule has 1 unspecified atom stereocenters. The number of rotatable bonds is 6. The van der Waals surface area contributed by atoms with Crippen molar-refractivity contribution in [1.29, 1.82) is 0 Å². The highest BCUT2D eigenvalue weighted by atomic mass is 32.1. The Morgan fingerprint density at radius 3 is 2.94 bits per heavy atom. The molecule has 0 bridgehead atoms. The van der Waals surface area contributed by atoms with Crippen LogP contribution in [-0.4, -0.2) is 59.2 Å². The minimum absolute atomic E-state index is 0.0863. The van der Waals surface area contributed by atoms with Gasteiger partial charge in [-0.2, -0.15) is 4.98 Å². The van der Waals surface area contributed by atoms with Crippen LogP contribution in [-0.2, 0) is 11.3 Å². The van der Waals surface area contributed by atoms with Crippen LogP contribution in [0.4, 0.5) is 0 Å². The zero-order chi connectivity index (χ0) is 21.8. The van der Waals surface area contributed by atoms with Crippen LogP contribution in [0.5, 0.6) is 17.4 Å². The maximum absolute atomic E-state index is 5.92. The third-order valence-electron chi connectivity index (χ3n) is 5.09. The molecule has 1 atom stereocenters. The SMILES string of the molecule is Cc1cc(OCC2CN(C(=S)NCc3ccc4c(c3)OCO4)CCO2)nc(C(C)C)n1. The molecule has 0 spiro atoms. The number of aryl methyl sites for hydroxylation is 1. The molecule has 1 fully saturated rings. The number of fused-ring (bicyclic) bond motifs is 1. The molecule has 166 valence electrons. The van der Waals surface area contributed by atoms with Crippen molar-refractivity contribution in [1.82, 2.24) is 20.2 Å². The summed E-state index contributed by atoms with van der Waals surface area (Å²) < 4.78 is 22.6. The third-order valence-corrected chi connectivity index (χ3v) is 5.49. The molecular weight excluding hydrogens is 416 g/mol. The Kier molecular flexibility index (Phi) is 6.72. The summed E-state index contributed by atoms with van der Waals surface area (Å²) in [6.45, 7) is 9.39. The smallest absolute Gasteiger partial charge is 0.231 e. The van der Waals surface area contributed by atoms with Crippen LogP contribution >= 0.6 is 12.2 Å². The quantitative estimate of drug-likeness (QED) is 0.677. The van der Waals surface area contributed by atoms with Gasteiger partial charge in [0.2, 0.25) is 12.7 Å². The van der Waals surface area contributed by atoms with Gasteiger partial charge in [-0.15, -0.1) is 0 Å². The predicted octanol–water partition coefficient (Wildman–Crippen LogP) is 2.79. The molecular formula is C22H28N4O4S. The van der Waals surface area contributed by atoms with E-state index in [0.29, 0.717) is 37.3 Å². The molecule has 2 aromatic rings. The number of hydrogen-bond donors (Lipinski definition) is 1. The standard InChI is InChI=1S/C22H28N4O4S/c1-14(2)21-24-15(3)8-20(25-21)28-12-17-11-26(6-7-27-17)22(31)23-10-16-4-5-18-19(9-16)30-13-29-18/h4-5,8-9,14,17H,6-7,10-13H2,1-3H3,(H,23,31). The Bertz CT molecular complexity index is 940. The molecule has 8 nitrogen and oxygen atoms in total. The molecule has 2 aliphatic heterocycles. The minimum atomic E-state index is -0.0863. The van der Waals surface area contributed by atoms with Crippen LogP contribution < -0.4 is 19.5 Å². The molecule has 0 saturated carbocycles. The van der Waals surface area contributed by atoms with E-state index in [1.807, 2.05) is 31.2 Å². The molecule has 0 aliphatic carbocycles. The van der Waals surface area contributed by atoms with E-state index in [1.54, 1.807) is 0 Å². The largest absolute Gasteiger partial charge is 0.475 e. The number of ether oxygens (including phenoxy) is 4. The summed E-state index contributed by atoms with van der Waals surface area (Å²) in [5.74, 6) is 3.17. The Hall–Kier alpha value is -2.65. The second kappa shape index (κ2) is 9.65. The summed E-state index contributed by atoms with van der Waals surface area (Å²) in [5, 5.41) is 4.03. The zero-order valence-electron chi connectivity index (χ0n) is 18.1. The number of thiocarbonyl (C=S) groups is 1. The van der Waals surface area contributed by atoms with Gasteiger partial charge in [-0.05, 0) is 36.8 Å². The number of hydrogen-bond acceptors (Lipinski definition) is 7. The highest BCUT2D eigenvalue weighted by molar-refractivity contribution is 7.80. The summed E-state index contributed by atoms with van der Waals surface area (Å²) in [5.41, 5.74) is 1.98. The van der Waals surface area contributed by atoms with E-state index < -0.39 is 0 Å². The van der Waals surface area contributed by atoms with E-state index in [9.17, 15) is 0 Å². The number of benzene rings is 1. The van der Waals surface area contributed by atoms with E-state index in [-0.39, 0.29) is 18.8 Å². The highest BCUT2D eigenvalue weighted by Gasteiger charge is 2.23. The normalized spacial score (nSPS) is 17.7. The Morgan fingerprint density at radius 2 is 2.10 bits per heavy atom. The molecule has 4 rings (SSSR count). The first-order valence-corrected chi connectivity index (χ1v) is 10.9. The van der Waals surface area contributed by atoms with Gasteiger partial charge < -0.3 is 29.2 Å². The van der Waals surface area contributed by atoms with Crippen molar-refractivity contribution in [2.75, 3.05) is 33.1 Å². The van der Waals surface area contributed by atoms with E-state index in [4.69, 9.17) is 31.2 Å². The topological polar surface area (TPSA) is 78.0 Å². The number of aromatic nitrogens is 2. The fourth-order valence-corrected chi connectivity index (χ4v) is 3.66. The van der Waals surface area contributed by atoms with E-state index in [1.165, 1.54) is 0 Å². The monoisotopic (exact) mass is 444 g/mol. The summed E-state index contributed by atoms with van der Waals surface area (Å²) in [4.78, 5) is 11.1. The molecule has 1 saturated heterocycles. The zero-order valence-corrected chi connectivity index (χ0v) is 18.9. The molecule has 0 radical (unpaired) electrons. The van der Waals surface area contributed by atoms with Crippen molar-refractivity contribution >= 4 is 17.3 Å². The van der Waals surface area contributed by atoms with Gasteiger partial charge in [0, 0.05) is 37.3 Å². The van der Waals surface area contributed by atoms with Crippen LogP contribution in [0, 0.1) is 6.92 Å². The van der Waals surface area contributed by atoms with Gasteiger partial charge in [0.05, 0.1) is 6.61 Å². The van der Waals surface area contributed by atoms with Crippen LogP contribution in [0.2, 0.25) is 0 Å². The van der Waals surface area contributed by atoms with Gasteiger partial charge in [-0.3, -0.25) is 0 Å². The van der Waals surface area contributed by atoms with Gasteiger partial charge in [0.25, 0.3) is 0 Å². The average molecular weight is 445 g/mol. The van der Waals surface area contributed by atoms with Crippen molar-refractivity contribution < 1.29 is 18.9 Å². The molecule has 2 aliphatic rings. The van der Waals surface area contributed by atoms with Gasteiger partial charge in [-0.25, -0.2) is 4.98 Å². The molecule has 9 heteroatoms. The molecule has 31 heavy (non-hydrogen) atoms. The summed E-state index contributed by atoms with van der Waals surface area (Å²) in [6.07, 6.45) is -0.0863. The third kappa shape index (κ3) is 5.54. The summed E-state index contributed by atoms with van der Waals surface area (Å²) in [6, 6.07) is 7.76. The van der Waals surface area contributed by atoms with Gasteiger partial charge in [-0.1, -0.05) is 19.9 Å². The fraction of sp³-hybridized carbons (Fsp3) is 0.500. The van der Waals surface area contributed by atoms with Crippen LogP contribution in [0.25, 0.3) is 0 Å².